The first-order valence-corrected chi connectivity index (χ1v) is 31.6. The molecule has 1 unspecified atom stereocenters. The van der Waals surface area contributed by atoms with E-state index in [0.717, 1.165) is 75.5 Å². The highest BCUT2D eigenvalue weighted by atomic mass is 16.6. The molecule has 0 aromatic carbocycles. The minimum atomic E-state index is -0.764. The van der Waals surface area contributed by atoms with Crippen molar-refractivity contribution >= 4 is 17.9 Å². The van der Waals surface area contributed by atoms with Crippen molar-refractivity contribution in [2.24, 2.45) is 17.8 Å². The van der Waals surface area contributed by atoms with Gasteiger partial charge in [0.15, 0.2) is 6.10 Å². The molecule has 6 heteroatoms. The van der Waals surface area contributed by atoms with E-state index in [1.165, 1.54) is 238 Å². The number of esters is 3. The number of ether oxygens (including phenoxy) is 3. The summed E-state index contributed by atoms with van der Waals surface area (Å²) in [4.78, 5) is 38.3. The minimum absolute atomic E-state index is 0.0628. The first-order chi connectivity index (χ1) is 34.1. The van der Waals surface area contributed by atoms with Gasteiger partial charge in [0.1, 0.15) is 13.2 Å². The summed E-state index contributed by atoms with van der Waals surface area (Å²) in [6.45, 7) is 13.8. The Bertz CT molecular complexity index is 1090. The van der Waals surface area contributed by atoms with E-state index < -0.39 is 6.10 Å². The standard InChI is InChI=1S/C64H124O6/c1-7-60(6)52-46-40-34-28-22-14-12-10-8-9-11-13-15-23-29-35-41-47-53-62(65)68-56-61(70-64(67)55-49-43-37-31-25-19-17-21-27-33-39-45-51-59(4)5)57-69-63(66)54-48-42-36-30-24-18-16-20-26-32-38-44-50-58(2)3/h58-61H,7-57H2,1-6H3/t60?,61-/m1/s1. The maximum absolute atomic E-state index is 12.9. The van der Waals surface area contributed by atoms with Gasteiger partial charge in [-0.15, -0.1) is 0 Å². The van der Waals surface area contributed by atoms with Crippen molar-refractivity contribution in [1.82, 2.24) is 0 Å². The summed E-state index contributed by atoms with van der Waals surface area (Å²) in [5.74, 6) is 1.74. The topological polar surface area (TPSA) is 78.9 Å². The smallest absolute Gasteiger partial charge is 0.306 e. The second-order valence-electron chi connectivity index (χ2n) is 23.2. The number of hydrogen-bond donors (Lipinski definition) is 0. The molecular formula is C64H124O6. The van der Waals surface area contributed by atoms with Crippen molar-refractivity contribution in [3.63, 3.8) is 0 Å². The molecule has 0 aromatic heterocycles. The summed E-state index contributed by atoms with van der Waals surface area (Å²) < 4.78 is 16.9. The maximum Gasteiger partial charge on any atom is 0.306 e. The Morgan fingerprint density at radius 3 is 0.743 bits per heavy atom. The van der Waals surface area contributed by atoms with Crippen molar-refractivity contribution in [2.45, 2.75) is 362 Å². The lowest BCUT2D eigenvalue weighted by molar-refractivity contribution is -0.167. The quantitative estimate of drug-likeness (QED) is 0.0343. The van der Waals surface area contributed by atoms with Gasteiger partial charge in [-0.1, -0.05) is 318 Å². The second-order valence-corrected chi connectivity index (χ2v) is 23.2. The van der Waals surface area contributed by atoms with Crippen LogP contribution in [0.2, 0.25) is 0 Å². The Labute approximate surface area is 438 Å². The molecule has 0 heterocycles. The van der Waals surface area contributed by atoms with Crippen molar-refractivity contribution < 1.29 is 28.6 Å². The highest BCUT2D eigenvalue weighted by Gasteiger charge is 2.19. The van der Waals surface area contributed by atoms with E-state index in [1.807, 2.05) is 0 Å². The van der Waals surface area contributed by atoms with Crippen LogP contribution in [0.4, 0.5) is 0 Å². The Balaban J connectivity index is 4.25. The maximum atomic E-state index is 12.9. The van der Waals surface area contributed by atoms with Gasteiger partial charge in [-0.3, -0.25) is 14.4 Å². The van der Waals surface area contributed by atoms with E-state index in [4.69, 9.17) is 14.2 Å². The van der Waals surface area contributed by atoms with Crippen LogP contribution in [0.1, 0.15) is 356 Å². The van der Waals surface area contributed by atoms with Crippen LogP contribution in [0.3, 0.4) is 0 Å². The number of carbonyl (C=O) groups is 3. The van der Waals surface area contributed by atoms with Gasteiger partial charge in [0.25, 0.3) is 0 Å². The number of hydrogen-bond acceptors (Lipinski definition) is 6. The molecule has 0 N–H and O–H groups in total. The molecule has 0 bridgehead atoms. The SMILES string of the molecule is CCC(C)CCCCCCCCCCCCCCCCCCCCC(=O)OC[C@H](COC(=O)CCCCCCCCCCCCCCC(C)C)OC(=O)CCCCCCCCCCCCCCC(C)C. The fourth-order valence-corrected chi connectivity index (χ4v) is 9.85. The zero-order valence-electron chi connectivity index (χ0n) is 48.3. The first-order valence-electron chi connectivity index (χ1n) is 31.6. The van der Waals surface area contributed by atoms with E-state index in [9.17, 15) is 14.4 Å². The van der Waals surface area contributed by atoms with Crippen LogP contribution in [-0.4, -0.2) is 37.2 Å². The lowest BCUT2D eigenvalue weighted by Crippen LogP contribution is -2.30. The molecule has 0 fully saturated rings. The largest absolute Gasteiger partial charge is 0.462 e. The number of rotatable bonds is 57. The molecule has 0 aliphatic carbocycles. The van der Waals surface area contributed by atoms with Crippen LogP contribution in [0, 0.1) is 17.8 Å². The predicted octanol–water partition coefficient (Wildman–Crippen LogP) is 21.1. The molecule has 0 saturated heterocycles. The van der Waals surface area contributed by atoms with Gasteiger partial charge in [-0.05, 0) is 37.0 Å². The van der Waals surface area contributed by atoms with Crippen LogP contribution in [0.15, 0.2) is 0 Å². The Kier molecular flexibility index (Phi) is 53.9. The van der Waals surface area contributed by atoms with Crippen LogP contribution in [0.25, 0.3) is 0 Å². The summed E-state index contributed by atoms with van der Waals surface area (Å²) in [6.07, 6.45) is 59.5. The second kappa shape index (κ2) is 55.2. The van der Waals surface area contributed by atoms with Gasteiger partial charge in [0.2, 0.25) is 0 Å². The van der Waals surface area contributed by atoms with Gasteiger partial charge in [-0.25, -0.2) is 0 Å². The number of carbonyl (C=O) groups excluding carboxylic acids is 3. The van der Waals surface area contributed by atoms with Gasteiger partial charge < -0.3 is 14.2 Å². The summed E-state index contributed by atoms with van der Waals surface area (Å²) in [5, 5.41) is 0. The average Bonchev–Trinajstić information content (AvgIpc) is 3.33. The Hall–Kier alpha value is -1.59. The zero-order valence-corrected chi connectivity index (χ0v) is 48.3. The van der Waals surface area contributed by atoms with Crippen molar-refractivity contribution in [1.29, 1.82) is 0 Å². The molecule has 0 amide bonds. The molecule has 0 aliphatic heterocycles. The summed E-state index contributed by atoms with van der Waals surface area (Å²) in [6, 6.07) is 0. The molecule has 6 nitrogen and oxygen atoms in total. The van der Waals surface area contributed by atoms with Crippen molar-refractivity contribution in [3.05, 3.63) is 0 Å². The molecule has 0 rings (SSSR count). The van der Waals surface area contributed by atoms with Gasteiger partial charge >= 0.3 is 17.9 Å². The number of unbranched alkanes of at least 4 members (excludes halogenated alkanes) is 39. The first kappa shape index (κ1) is 68.4. The van der Waals surface area contributed by atoms with Crippen LogP contribution in [-0.2, 0) is 28.6 Å². The van der Waals surface area contributed by atoms with Crippen LogP contribution in [0.5, 0.6) is 0 Å². The lowest BCUT2D eigenvalue weighted by Gasteiger charge is -2.18. The zero-order chi connectivity index (χ0) is 51.2. The van der Waals surface area contributed by atoms with Gasteiger partial charge in [0, 0.05) is 19.3 Å². The van der Waals surface area contributed by atoms with E-state index in [1.54, 1.807) is 0 Å². The third-order valence-corrected chi connectivity index (χ3v) is 15.0. The van der Waals surface area contributed by atoms with E-state index in [-0.39, 0.29) is 31.1 Å². The van der Waals surface area contributed by atoms with Crippen LogP contribution >= 0.6 is 0 Å². The molecule has 2 atom stereocenters. The molecular weight excluding hydrogens is 865 g/mol. The normalized spacial score (nSPS) is 12.5. The predicted molar refractivity (Wildman–Crippen MR) is 303 cm³/mol. The van der Waals surface area contributed by atoms with E-state index in [0.29, 0.717) is 19.3 Å². The third-order valence-electron chi connectivity index (χ3n) is 15.0. The molecule has 416 valence electrons. The van der Waals surface area contributed by atoms with Crippen molar-refractivity contribution in [3.8, 4) is 0 Å². The fourth-order valence-electron chi connectivity index (χ4n) is 9.85. The lowest BCUT2D eigenvalue weighted by atomic mass is 9.99. The van der Waals surface area contributed by atoms with E-state index >= 15 is 0 Å². The van der Waals surface area contributed by atoms with Gasteiger partial charge in [-0.2, -0.15) is 0 Å². The molecule has 0 aromatic rings. The summed E-state index contributed by atoms with van der Waals surface area (Å²) in [7, 11) is 0. The van der Waals surface area contributed by atoms with Gasteiger partial charge in [0.05, 0.1) is 0 Å². The fraction of sp³-hybridized carbons (Fsp3) is 0.953. The Morgan fingerprint density at radius 2 is 0.500 bits per heavy atom. The summed E-state index contributed by atoms with van der Waals surface area (Å²) >= 11 is 0. The summed E-state index contributed by atoms with van der Waals surface area (Å²) in [5.41, 5.74) is 0. The highest BCUT2D eigenvalue weighted by Crippen LogP contribution is 2.19. The minimum Gasteiger partial charge on any atom is -0.462 e. The molecule has 70 heavy (non-hydrogen) atoms. The molecule has 0 spiro atoms. The highest BCUT2D eigenvalue weighted by molar-refractivity contribution is 5.71. The average molecular weight is 990 g/mol. The molecule has 0 radical (unpaired) electrons. The van der Waals surface area contributed by atoms with Crippen LogP contribution < -0.4 is 0 Å². The van der Waals surface area contributed by atoms with E-state index in [2.05, 4.69) is 41.5 Å². The third kappa shape index (κ3) is 55.7. The Morgan fingerprint density at radius 1 is 0.286 bits per heavy atom. The van der Waals surface area contributed by atoms with Crippen molar-refractivity contribution in [2.75, 3.05) is 13.2 Å². The molecule has 0 saturated carbocycles. The molecule has 0 aliphatic rings. The monoisotopic (exact) mass is 989 g/mol.